The van der Waals surface area contributed by atoms with Crippen LogP contribution in [0.4, 0.5) is 9.59 Å². The van der Waals surface area contributed by atoms with Crippen molar-refractivity contribution in [2.45, 2.75) is 49.0 Å². The second kappa shape index (κ2) is 12.6. The molecule has 2 aliphatic rings. The first-order valence-corrected chi connectivity index (χ1v) is 13.2. The molecule has 13 heteroatoms. The lowest BCUT2D eigenvalue weighted by atomic mass is 9.65. The first-order valence-electron chi connectivity index (χ1n) is 13.2. The number of hydrogen-bond donors (Lipinski definition) is 1. The number of likely N-dealkylation sites (N-methyl/N-ethyl adjacent to an activating group) is 1. The molecule has 2 fully saturated rings. The number of rotatable bonds is 10. The molecule has 220 valence electrons. The van der Waals surface area contributed by atoms with Crippen molar-refractivity contribution < 1.29 is 43.2 Å². The van der Waals surface area contributed by atoms with Crippen LogP contribution in [0.3, 0.4) is 0 Å². The maximum atomic E-state index is 14.8. The van der Waals surface area contributed by atoms with Gasteiger partial charge >= 0.3 is 18.3 Å². The number of Topliss-reactive ketones (excluding diaryl/α,β-unsaturated/α-hetero) is 1. The third kappa shape index (κ3) is 5.86. The van der Waals surface area contributed by atoms with E-state index in [9.17, 15) is 19.2 Å². The number of aliphatic carboxylic acids is 1. The van der Waals surface area contributed by atoms with Gasteiger partial charge in [-0.25, -0.2) is 9.59 Å². The van der Waals surface area contributed by atoms with Crippen LogP contribution >= 0.6 is 0 Å². The molecule has 0 spiro atoms. The minimum Gasteiger partial charge on any atom is -0.481 e. The number of aromatic nitrogens is 2. The topological polar surface area (TPSA) is 158 Å². The second-order valence-corrected chi connectivity index (χ2v) is 10.1. The van der Waals surface area contributed by atoms with Gasteiger partial charge in [-0.3, -0.25) is 29.4 Å². The van der Waals surface area contributed by atoms with E-state index in [1.165, 1.54) is 0 Å². The van der Waals surface area contributed by atoms with Crippen molar-refractivity contribution in [2.75, 3.05) is 40.9 Å². The van der Waals surface area contributed by atoms with Gasteiger partial charge in [-0.05, 0) is 50.7 Å². The number of carboxylic acid groups (broad SMARTS) is 1. The van der Waals surface area contributed by atoms with E-state index in [4.69, 9.17) is 24.1 Å². The van der Waals surface area contributed by atoms with E-state index < -0.39 is 47.3 Å². The zero-order valence-electron chi connectivity index (χ0n) is 23.2. The van der Waals surface area contributed by atoms with Gasteiger partial charge in [0.1, 0.15) is 12.1 Å². The molecule has 0 radical (unpaired) electrons. The summed E-state index contributed by atoms with van der Waals surface area (Å²) in [5.41, 5.74) is -2.93. The third-order valence-corrected chi connectivity index (χ3v) is 7.43. The summed E-state index contributed by atoms with van der Waals surface area (Å²) in [6.07, 6.45) is 2.53. The van der Waals surface area contributed by atoms with E-state index in [-0.39, 0.29) is 19.5 Å². The number of ketones is 1. The van der Waals surface area contributed by atoms with Crippen molar-refractivity contribution >= 4 is 24.1 Å². The number of carbonyl (C=O) groups excluding carboxylic acids is 3. The fraction of sp³-hybridized carbons (Fsp3) is 0.500. The largest absolute Gasteiger partial charge is 0.509 e. The standard InChI is InChI=1S/C28H34N4O9/c1-31-17-27(40-25(36)38-2)22(19-11-6-8-14-29-19)32(16-10-4-5-13-21(33)34)23(20-12-7-9-15-30-20)28(18-31,24(27)35)41-26(37)39-3/h6-9,11-12,14-15,22-23H,4-5,10,13,16-18H2,1-3H3,(H,33,34). The molecule has 0 saturated carbocycles. The molecular weight excluding hydrogens is 536 g/mol. The van der Waals surface area contributed by atoms with Crippen LogP contribution in [-0.4, -0.2) is 101 Å². The Hall–Kier alpha value is -4.10. The number of pyridine rings is 2. The van der Waals surface area contributed by atoms with Crippen molar-refractivity contribution in [3.63, 3.8) is 0 Å². The van der Waals surface area contributed by atoms with E-state index in [0.717, 1.165) is 14.2 Å². The minimum absolute atomic E-state index is 0.0153. The Morgan fingerprint density at radius 1 is 0.878 bits per heavy atom. The van der Waals surface area contributed by atoms with Crippen molar-refractivity contribution in [1.29, 1.82) is 0 Å². The highest BCUT2D eigenvalue weighted by Gasteiger charge is 2.73. The Morgan fingerprint density at radius 2 is 1.39 bits per heavy atom. The van der Waals surface area contributed by atoms with E-state index >= 15 is 0 Å². The van der Waals surface area contributed by atoms with Crippen molar-refractivity contribution in [1.82, 2.24) is 19.8 Å². The lowest BCUT2D eigenvalue weighted by molar-refractivity contribution is -0.226. The molecule has 2 bridgehead atoms. The first-order chi connectivity index (χ1) is 19.7. The molecule has 1 N–H and O–H groups in total. The molecule has 4 atom stereocenters. The summed E-state index contributed by atoms with van der Waals surface area (Å²) in [5, 5.41) is 9.10. The zero-order valence-corrected chi connectivity index (χ0v) is 23.2. The molecule has 0 aliphatic carbocycles. The average molecular weight is 571 g/mol. The van der Waals surface area contributed by atoms with E-state index in [2.05, 4.69) is 9.97 Å². The predicted octanol–water partition coefficient (Wildman–Crippen LogP) is 2.78. The maximum absolute atomic E-state index is 14.8. The van der Waals surface area contributed by atoms with Gasteiger partial charge in [0.2, 0.25) is 17.0 Å². The van der Waals surface area contributed by atoms with Crippen LogP contribution in [0.1, 0.15) is 49.2 Å². The van der Waals surface area contributed by atoms with Gasteiger partial charge in [0.15, 0.2) is 0 Å². The monoisotopic (exact) mass is 570 g/mol. The van der Waals surface area contributed by atoms with Crippen molar-refractivity contribution in [3.8, 4) is 0 Å². The summed E-state index contributed by atoms with van der Waals surface area (Å²) >= 11 is 0. The first kappa shape index (κ1) is 29.9. The highest BCUT2D eigenvalue weighted by atomic mass is 16.7. The Kier molecular flexibility index (Phi) is 9.18. The quantitative estimate of drug-likeness (QED) is 0.329. The fourth-order valence-electron chi connectivity index (χ4n) is 6.01. The SMILES string of the molecule is COC(=O)OC12CN(C)CC(OC(=O)OC)(C1=O)C(c1ccccn1)N(CCCCCC(=O)O)C2c1ccccn1. The Balaban J connectivity index is 1.96. The van der Waals surface area contributed by atoms with E-state index in [1.807, 2.05) is 4.90 Å². The number of methoxy groups -OCH3 is 2. The second-order valence-electron chi connectivity index (χ2n) is 10.1. The molecule has 2 aliphatic heterocycles. The lowest BCUT2D eigenvalue weighted by Gasteiger charge is -2.61. The van der Waals surface area contributed by atoms with Crippen molar-refractivity contribution in [3.05, 3.63) is 60.2 Å². The Morgan fingerprint density at radius 3 is 1.80 bits per heavy atom. The Bertz CT molecular complexity index is 1170. The molecule has 2 saturated heterocycles. The summed E-state index contributed by atoms with van der Waals surface area (Å²) < 4.78 is 21.5. The lowest BCUT2D eigenvalue weighted by Crippen LogP contribution is -2.79. The number of unbranched alkanes of at least 4 members (excludes halogenated alkanes) is 2. The van der Waals surface area contributed by atoms with Crippen molar-refractivity contribution in [2.24, 2.45) is 0 Å². The summed E-state index contributed by atoms with van der Waals surface area (Å²) in [6.45, 7) is 0.218. The third-order valence-electron chi connectivity index (χ3n) is 7.43. The number of carbonyl (C=O) groups is 4. The van der Waals surface area contributed by atoms with Crippen LogP contribution in [0, 0.1) is 0 Å². The molecular formula is C28H34N4O9. The summed E-state index contributed by atoms with van der Waals surface area (Å²) in [6, 6.07) is 8.56. The number of ether oxygens (including phenoxy) is 4. The van der Waals surface area contributed by atoms with Crippen LogP contribution in [0.5, 0.6) is 0 Å². The number of carboxylic acids is 1. The minimum atomic E-state index is -1.91. The number of piperidine rings is 2. The maximum Gasteiger partial charge on any atom is 0.509 e. The van der Waals surface area contributed by atoms with Crippen LogP contribution in [-0.2, 0) is 28.5 Å². The van der Waals surface area contributed by atoms with Crippen LogP contribution < -0.4 is 0 Å². The van der Waals surface area contributed by atoms with E-state index in [0.29, 0.717) is 37.2 Å². The van der Waals surface area contributed by atoms with Gasteiger partial charge in [-0.2, -0.15) is 0 Å². The summed E-state index contributed by atoms with van der Waals surface area (Å²) in [5.74, 6) is -1.54. The number of likely N-dealkylation sites (tertiary alicyclic amines) is 2. The molecule has 13 nitrogen and oxygen atoms in total. The smallest absolute Gasteiger partial charge is 0.481 e. The molecule has 0 amide bonds. The molecule has 4 unspecified atom stereocenters. The van der Waals surface area contributed by atoms with Gasteiger partial charge < -0.3 is 24.1 Å². The number of nitrogens with zero attached hydrogens (tertiary/aromatic N) is 4. The Labute approximate surface area is 237 Å². The highest BCUT2D eigenvalue weighted by molar-refractivity contribution is 6.01. The van der Waals surface area contributed by atoms with Gasteiger partial charge in [0.05, 0.1) is 25.6 Å². The molecule has 41 heavy (non-hydrogen) atoms. The average Bonchev–Trinajstić information content (AvgIpc) is 2.95. The van der Waals surface area contributed by atoms with E-state index in [1.54, 1.807) is 60.7 Å². The van der Waals surface area contributed by atoms with Gasteiger partial charge in [-0.1, -0.05) is 18.6 Å². The molecule has 2 aromatic heterocycles. The van der Waals surface area contributed by atoms with Gasteiger partial charge in [-0.15, -0.1) is 0 Å². The summed E-state index contributed by atoms with van der Waals surface area (Å²) in [7, 11) is 4.01. The normalized spacial score (nSPS) is 26.2. The van der Waals surface area contributed by atoms with Gasteiger partial charge in [0, 0.05) is 31.9 Å². The molecule has 0 aromatic carbocycles. The van der Waals surface area contributed by atoms with Crippen LogP contribution in [0.25, 0.3) is 0 Å². The van der Waals surface area contributed by atoms with Gasteiger partial charge in [0.25, 0.3) is 0 Å². The summed E-state index contributed by atoms with van der Waals surface area (Å²) in [4.78, 5) is 64.2. The number of hydrogen-bond acceptors (Lipinski definition) is 12. The van der Waals surface area contributed by atoms with Crippen LogP contribution in [0.2, 0.25) is 0 Å². The van der Waals surface area contributed by atoms with Crippen LogP contribution in [0.15, 0.2) is 48.8 Å². The molecule has 4 rings (SSSR count). The zero-order chi connectivity index (χ0) is 29.6. The molecule has 4 heterocycles. The number of fused-ring (bicyclic) bond motifs is 2. The fourth-order valence-corrected chi connectivity index (χ4v) is 6.01. The highest BCUT2D eigenvalue weighted by Crippen LogP contribution is 2.55. The molecule has 2 aromatic rings. The predicted molar refractivity (Wildman–Crippen MR) is 142 cm³/mol.